The molecule has 0 aliphatic carbocycles. The van der Waals surface area contributed by atoms with E-state index in [4.69, 9.17) is 32.4 Å². The number of carbonyl (C=O) groups excluding carboxylic acids is 3. The molecule has 0 bridgehead atoms. The van der Waals surface area contributed by atoms with Gasteiger partial charge in [-0.1, -0.05) is 23.2 Å². The summed E-state index contributed by atoms with van der Waals surface area (Å²) < 4.78 is 10.7. The summed E-state index contributed by atoms with van der Waals surface area (Å²) in [6.45, 7) is 0.358. The molecule has 10 heteroatoms. The minimum absolute atomic E-state index is 0.132. The summed E-state index contributed by atoms with van der Waals surface area (Å²) in [7, 11) is 0. The van der Waals surface area contributed by atoms with Gasteiger partial charge in [-0.3, -0.25) is 14.4 Å². The van der Waals surface area contributed by atoms with Crippen LogP contribution in [0.15, 0.2) is 65.3 Å². The molecule has 2 aromatic carbocycles. The highest BCUT2D eigenvalue weighted by molar-refractivity contribution is 6.42. The summed E-state index contributed by atoms with van der Waals surface area (Å²) in [5.41, 5.74) is 1.16. The van der Waals surface area contributed by atoms with Crippen LogP contribution < -0.4 is 20.3 Å². The monoisotopic (exact) mass is 501 g/mol. The number of carbonyl (C=O) groups is 3. The second-order valence-electron chi connectivity index (χ2n) is 7.66. The number of nitrogens with one attached hydrogen (secondary N) is 2. The molecule has 176 valence electrons. The Balaban J connectivity index is 1.27. The molecule has 1 aromatic heterocycles. The summed E-state index contributed by atoms with van der Waals surface area (Å²) in [6, 6.07) is 15.1. The maximum Gasteiger partial charge on any atom is 0.262 e. The van der Waals surface area contributed by atoms with Gasteiger partial charge >= 0.3 is 0 Å². The molecule has 1 aliphatic rings. The number of hydrogen-bond donors (Lipinski definition) is 2. The van der Waals surface area contributed by atoms with Crippen LogP contribution in [0.3, 0.4) is 0 Å². The number of hydrogen-bond acceptors (Lipinski definition) is 5. The number of rotatable bonds is 8. The van der Waals surface area contributed by atoms with Gasteiger partial charge in [0.1, 0.15) is 11.5 Å². The molecule has 3 amide bonds. The van der Waals surface area contributed by atoms with Gasteiger partial charge in [0.05, 0.1) is 28.8 Å². The topological polar surface area (TPSA) is 101 Å². The minimum Gasteiger partial charge on any atom is -0.484 e. The van der Waals surface area contributed by atoms with Crippen LogP contribution >= 0.6 is 23.2 Å². The fourth-order valence-electron chi connectivity index (χ4n) is 3.51. The van der Waals surface area contributed by atoms with E-state index < -0.39 is 5.92 Å². The lowest BCUT2D eigenvalue weighted by molar-refractivity contribution is -0.126. The lowest BCUT2D eigenvalue weighted by atomic mass is 10.1. The van der Waals surface area contributed by atoms with Gasteiger partial charge < -0.3 is 24.7 Å². The van der Waals surface area contributed by atoms with Crippen LogP contribution in [0.1, 0.15) is 12.2 Å². The summed E-state index contributed by atoms with van der Waals surface area (Å²) in [5.74, 6) is -0.0137. The van der Waals surface area contributed by atoms with Gasteiger partial charge in [-0.15, -0.1) is 0 Å². The molecule has 0 radical (unpaired) electrons. The summed E-state index contributed by atoms with van der Waals surface area (Å²) >= 11 is 11.8. The standard InChI is InChI=1S/C24H21Cl2N3O5/c25-20-8-3-16(11-21(20)26)28-22(30)14-34-18-6-4-17(5-7-18)29-13-15(10-23(29)31)24(32)27-12-19-2-1-9-33-19/h1-9,11,15H,10,12-14H2,(H,27,32)(H,28,30)/t15-/m1/s1. The molecule has 1 atom stereocenters. The second kappa shape index (κ2) is 10.6. The number of furan rings is 1. The van der Waals surface area contributed by atoms with Crippen molar-refractivity contribution in [3.8, 4) is 5.75 Å². The zero-order valence-corrected chi connectivity index (χ0v) is 19.4. The number of benzene rings is 2. The van der Waals surface area contributed by atoms with Crippen molar-refractivity contribution in [3.63, 3.8) is 0 Å². The van der Waals surface area contributed by atoms with E-state index in [1.807, 2.05) is 0 Å². The van der Waals surface area contributed by atoms with Crippen LogP contribution in [0.5, 0.6) is 5.75 Å². The van der Waals surface area contributed by atoms with Crippen molar-refractivity contribution >= 4 is 52.3 Å². The maximum atomic E-state index is 12.5. The molecule has 1 saturated heterocycles. The molecular formula is C24H21Cl2N3O5. The number of amides is 3. The Labute approximate surface area is 205 Å². The van der Waals surface area contributed by atoms with Crippen molar-refractivity contribution < 1.29 is 23.5 Å². The third kappa shape index (κ3) is 5.89. The Bertz CT molecular complexity index is 1180. The van der Waals surface area contributed by atoms with Crippen molar-refractivity contribution in [2.24, 2.45) is 5.92 Å². The van der Waals surface area contributed by atoms with E-state index in [2.05, 4.69) is 10.6 Å². The molecule has 1 aliphatic heterocycles. The molecule has 8 nitrogen and oxygen atoms in total. The molecule has 0 spiro atoms. The van der Waals surface area contributed by atoms with Crippen LogP contribution in [0.25, 0.3) is 0 Å². The largest absolute Gasteiger partial charge is 0.484 e. The van der Waals surface area contributed by atoms with Gasteiger partial charge in [0.25, 0.3) is 5.91 Å². The molecule has 3 aromatic rings. The van der Waals surface area contributed by atoms with Crippen LogP contribution in [-0.4, -0.2) is 30.9 Å². The van der Waals surface area contributed by atoms with E-state index in [-0.39, 0.29) is 43.8 Å². The Kier molecular flexibility index (Phi) is 7.40. The second-order valence-corrected chi connectivity index (χ2v) is 8.48. The van der Waals surface area contributed by atoms with Crippen molar-refractivity contribution in [1.29, 1.82) is 0 Å². The highest BCUT2D eigenvalue weighted by Gasteiger charge is 2.35. The lowest BCUT2D eigenvalue weighted by Gasteiger charge is -2.17. The number of halogens is 2. The first-order valence-corrected chi connectivity index (χ1v) is 11.2. The van der Waals surface area contributed by atoms with Gasteiger partial charge in [0, 0.05) is 24.3 Å². The van der Waals surface area contributed by atoms with Crippen molar-refractivity contribution in [2.75, 3.05) is 23.4 Å². The van der Waals surface area contributed by atoms with E-state index in [1.165, 1.54) is 6.26 Å². The number of nitrogens with zero attached hydrogens (tertiary/aromatic N) is 1. The molecule has 4 rings (SSSR count). The van der Waals surface area contributed by atoms with Crippen molar-refractivity contribution in [2.45, 2.75) is 13.0 Å². The fraction of sp³-hybridized carbons (Fsp3) is 0.208. The van der Waals surface area contributed by atoms with Crippen LogP contribution in [-0.2, 0) is 20.9 Å². The van der Waals surface area contributed by atoms with Gasteiger partial charge in [-0.05, 0) is 54.6 Å². The predicted molar refractivity (Wildman–Crippen MR) is 128 cm³/mol. The highest BCUT2D eigenvalue weighted by atomic mass is 35.5. The average Bonchev–Trinajstić information content (AvgIpc) is 3.49. The SMILES string of the molecule is O=C(COc1ccc(N2C[C@H](C(=O)NCc3ccco3)CC2=O)cc1)Nc1ccc(Cl)c(Cl)c1. The first kappa shape index (κ1) is 23.7. The Hall–Kier alpha value is -3.49. The Morgan fingerprint density at radius 1 is 1.09 bits per heavy atom. The smallest absolute Gasteiger partial charge is 0.262 e. The maximum absolute atomic E-state index is 12.5. The van der Waals surface area contributed by atoms with Crippen LogP contribution in [0, 0.1) is 5.92 Å². The Morgan fingerprint density at radius 3 is 2.59 bits per heavy atom. The van der Waals surface area contributed by atoms with Gasteiger partial charge in [0.2, 0.25) is 11.8 Å². The van der Waals surface area contributed by atoms with Gasteiger partial charge in [-0.25, -0.2) is 0 Å². The van der Waals surface area contributed by atoms with Crippen LogP contribution in [0.2, 0.25) is 10.0 Å². The summed E-state index contributed by atoms with van der Waals surface area (Å²) in [5, 5.41) is 6.20. The molecule has 0 unspecified atom stereocenters. The third-order valence-electron chi connectivity index (χ3n) is 5.23. The van der Waals surface area contributed by atoms with E-state index >= 15 is 0 Å². The summed E-state index contributed by atoms with van der Waals surface area (Å²) in [4.78, 5) is 38.6. The van der Waals surface area contributed by atoms with E-state index in [9.17, 15) is 14.4 Å². The van der Waals surface area contributed by atoms with Crippen molar-refractivity contribution in [3.05, 3.63) is 76.7 Å². The molecule has 34 heavy (non-hydrogen) atoms. The van der Waals surface area contributed by atoms with Crippen LogP contribution in [0.4, 0.5) is 11.4 Å². The molecular weight excluding hydrogens is 481 g/mol. The fourth-order valence-corrected chi connectivity index (χ4v) is 3.80. The zero-order valence-electron chi connectivity index (χ0n) is 17.9. The highest BCUT2D eigenvalue weighted by Crippen LogP contribution is 2.27. The predicted octanol–water partition coefficient (Wildman–Crippen LogP) is 4.27. The number of ether oxygens (including phenoxy) is 1. The first-order valence-electron chi connectivity index (χ1n) is 10.5. The lowest BCUT2D eigenvalue weighted by Crippen LogP contribution is -2.32. The third-order valence-corrected chi connectivity index (χ3v) is 5.97. The quantitative estimate of drug-likeness (QED) is 0.479. The molecule has 0 saturated carbocycles. The van der Waals surface area contributed by atoms with Gasteiger partial charge in [0.15, 0.2) is 6.61 Å². The van der Waals surface area contributed by atoms with Crippen molar-refractivity contribution in [1.82, 2.24) is 5.32 Å². The number of anilines is 2. The zero-order chi connectivity index (χ0) is 24.1. The summed E-state index contributed by atoms with van der Waals surface area (Å²) in [6.07, 6.45) is 1.68. The van der Waals surface area contributed by atoms with E-state index in [1.54, 1.807) is 59.5 Å². The molecule has 2 heterocycles. The first-order chi connectivity index (χ1) is 16.4. The van der Waals surface area contributed by atoms with E-state index in [0.717, 1.165) is 0 Å². The normalized spacial score (nSPS) is 15.3. The average molecular weight is 502 g/mol. The molecule has 1 fully saturated rings. The molecule has 2 N–H and O–H groups in total. The minimum atomic E-state index is -0.441. The van der Waals surface area contributed by atoms with Gasteiger partial charge in [-0.2, -0.15) is 0 Å². The Morgan fingerprint density at radius 2 is 1.88 bits per heavy atom. The van der Waals surface area contributed by atoms with E-state index in [0.29, 0.717) is 32.9 Å².